The molecule has 3 rings (SSSR count). The van der Waals surface area contributed by atoms with Gasteiger partial charge in [0.1, 0.15) is 55.4 Å². The van der Waals surface area contributed by atoms with Crippen LogP contribution in [0.4, 0.5) is 0 Å². The fourth-order valence-electron chi connectivity index (χ4n) is 6.61. The number of nitrogens with two attached hydrogens (primary N) is 4. The first kappa shape index (κ1) is 44.7. The summed E-state index contributed by atoms with van der Waals surface area (Å²) < 4.78 is 33.5. The number of ether oxygens (including phenoxy) is 6. The highest BCUT2D eigenvalue weighted by molar-refractivity contribution is 5.82. The maximum Gasteiger partial charge on any atom is 0.309 e. The summed E-state index contributed by atoms with van der Waals surface area (Å²) in [5.74, 6) is -5.41. The summed E-state index contributed by atoms with van der Waals surface area (Å²) in [6.45, 7) is -0.616. The Hall–Kier alpha value is -1.70. The first-order chi connectivity index (χ1) is 24.7. The molecule has 0 aliphatic carbocycles. The maximum atomic E-state index is 13.1. The molecule has 3 fully saturated rings. The Morgan fingerprint density at radius 2 is 1.25 bits per heavy atom. The molecule has 20 nitrogen and oxygen atoms in total. The Morgan fingerprint density at radius 3 is 1.81 bits per heavy atom. The molecule has 3 aliphatic heterocycles. The van der Waals surface area contributed by atoms with Crippen molar-refractivity contribution in [3.63, 3.8) is 0 Å². The van der Waals surface area contributed by atoms with Gasteiger partial charge in [-0.3, -0.25) is 9.59 Å². The lowest BCUT2D eigenvalue weighted by Gasteiger charge is -2.50. The van der Waals surface area contributed by atoms with Crippen molar-refractivity contribution in [2.75, 3.05) is 19.8 Å². The lowest BCUT2D eigenvalue weighted by atomic mass is 9.93. The number of hydrogen-bond acceptors (Lipinski definition) is 19. The van der Waals surface area contributed by atoms with E-state index in [0.29, 0.717) is 12.8 Å². The Bertz CT molecular complexity index is 1100. The molecule has 16 N–H and O–H groups in total. The van der Waals surface area contributed by atoms with Crippen molar-refractivity contribution in [3.05, 3.63) is 0 Å². The molecule has 3 aliphatic rings. The highest BCUT2D eigenvalue weighted by Crippen LogP contribution is 2.35. The highest BCUT2D eigenvalue weighted by Gasteiger charge is 2.58. The Morgan fingerprint density at radius 1 is 0.731 bits per heavy atom. The van der Waals surface area contributed by atoms with Crippen LogP contribution in [0, 0.1) is 5.92 Å². The lowest BCUT2D eigenvalue weighted by Crippen LogP contribution is -2.72. The Balaban J connectivity index is 1.67. The number of esters is 1. The molecule has 0 bridgehead atoms. The number of carbonyl (C=O) groups excluding carboxylic acids is 2. The first-order valence-electron chi connectivity index (χ1n) is 18.0. The first-order valence-corrected chi connectivity index (χ1v) is 18.0. The van der Waals surface area contributed by atoms with Crippen molar-refractivity contribution >= 4 is 11.9 Å². The molecule has 0 aromatic carbocycles. The van der Waals surface area contributed by atoms with Crippen molar-refractivity contribution in [2.24, 2.45) is 28.9 Å². The van der Waals surface area contributed by atoms with E-state index in [0.717, 1.165) is 38.5 Å². The van der Waals surface area contributed by atoms with Gasteiger partial charge in [-0.05, 0) is 6.42 Å². The van der Waals surface area contributed by atoms with Crippen LogP contribution in [0.5, 0.6) is 0 Å². The highest BCUT2D eigenvalue weighted by atomic mass is 16.8. The number of rotatable bonds is 20. The molecule has 0 radical (unpaired) electrons. The van der Waals surface area contributed by atoms with Gasteiger partial charge in [0.2, 0.25) is 5.91 Å². The van der Waals surface area contributed by atoms with Crippen LogP contribution in [0.3, 0.4) is 0 Å². The van der Waals surface area contributed by atoms with Gasteiger partial charge in [-0.1, -0.05) is 58.3 Å². The fourth-order valence-corrected chi connectivity index (χ4v) is 6.61. The minimum Gasteiger partial charge on any atom is -0.427 e. The third-order valence-electron chi connectivity index (χ3n) is 9.93. The van der Waals surface area contributed by atoms with Crippen molar-refractivity contribution in [3.8, 4) is 0 Å². The molecule has 20 heteroatoms. The van der Waals surface area contributed by atoms with E-state index in [9.17, 15) is 50.4 Å². The van der Waals surface area contributed by atoms with Crippen LogP contribution >= 0.6 is 0 Å². The predicted octanol–water partition coefficient (Wildman–Crippen LogP) is -4.78. The van der Waals surface area contributed by atoms with E-state index >= 15 is 0 Å². The molecule has 0 aromatic heterocycles. The topological polar surface area (TPSA) is 355 Å². The van der Waals surface area contributed by atoms with E-state index in [-0.39, 0.29) is 0 Å². The van der Waals surface area contributed by atoms with Crippen molar-refractivity contribution in [2.45, 2.75) is 163 Å². The van der Waals surface area contributed by atoms with Crippen molar-refractivity contribution in [1.82, 2.24) is 0 Å². The molecule has 3 saturated heterocycles. The molecule has 16 atom stereocenters. The van der Waals surface area contributed by atoms with Crippen molar-refractivity contribution in [1.29, 1.82) is 0 Å². The van der Waals surface area contributed by atoms with E-state index < -0.39 is 136 Å². The van der Waals surface area contributed by atoms with Crippen molar-refractivity contribution < 1.29 is 78.9 Å². The molecular formula is C32H60N4O16. The molecule has 304 valence electrons. The zero-order valence-electron chi connectivity index (χ0n) is 29.5. The second kappa shape index (κ2) is 20.8. The molecule has 3 unspecified atom stereocenters. The monoisotopic (exact) mass is 756 g/mol. The van der Waals surface area contributed by atoms with E-state index in [2.05, 4.69) is 6.92 Å². The molecule has 3 heterocycles. The van der Waals surface area contributed by atoms with Gasteiger partial charge in [-0.15, -0.1) is 0 Å². The van der Waals surface area contributed by atoms with E-state index in [4.69, 9.17) is 51.4 Å². The van der Waals surface area contributed by atoms with Crippen LogP contribution in [0.15, 0.2) is 0 Å². The van der Waals surface area contributed by atoms with Crippen LogP contribution in [0.1, 0.15) is 71.1 Å². The van der Waals surface area contributed by atoms with Gasteiger partial charge < -0.3 is 92.2 Å². The third-order valence-corrected chi connectivity index (χ3v) is 9.93. The fraction of sp³-hybridized carbons (Fsp3) is 0.938. The summed E-state index contributed by atoms with van der Waals surface area (Å²) in [6, 6.07) is -4.41. The average molecular weight is 757 g/mol. The number of primary amides is 1. The maximum absolute atomic E-state index is 13.1. The normalized spacial score (nSPS) is 40.3. The summed E-state index contributed by atoms with van der Waals surface area (Å²) in [5, 5.41) is 83.5. The van der Waals surface area contributed by atoms with E-state index in [1.54, 1.807) is 0 Å². The van der Waals surface area contributed by atoms with Crippen LogP contribution in [0.2, 0.25) is 0 Å². The largest absolute Gasteiger partial charge is 0.427 e. The van der Waals surface area contributed by atoms with E-state index in [1.165, 1.54) is 6.42 Å². The third kappa shape index (κ3) is 11.0. The number of aliphatic hydroxyl groups excluding tert-OH is 8. The number of unbranched alkanes of at least 4 members (excludes halogenated alkanes) is 7. The lowest BCUT2D eigenvalue weighted by molar-refractivity contribution is -0.399. The van der Waals surface area contributed by atoms with Crippen LogP contribution in [-0.4, -0.2) is 164 Å². The second-order valence-corrected chi connectivity index (χ2v) is 13.8. The number of aliphatic hydroxyl groups is 8. The van der Waals surface area contributed by atoms with Gasteiger partial charge in [-0.2, -0.15) is 0 Å². The predicted molar refractivity (Wildman–Crippen MR) is 177 cm³/mol. The molecule has 1 amide bonds. The minimum absolute atomic E-state index is 0.295. The number of carbonyl (C=O) groups is 2. The van der Waals surface area contributed by atoms with Crippen LogP contribution < -0.4 is 22.9 Å². The van der Waals surface area contributed by atoms with Crippen LogP contribution in [0.25, 0.3) is 0 Å². The number of hydrogen-bond donors (Lipinski definition) is 12. The Kier molecular flexibility index (Phi) is 17.9. The standard InChI is InChI=1S/C32H60N4O16/c1-2-3-4-5-6-7-8-9-10-15(28(36)45)11-18(40)51-32(14-39)27(44)24(43)21(35)31(52-32)50-26-17(13-38)48-30(20(34)23(26)42)49-25-16(12-37)47-29(46)19(33)22(25)41/h15-17,19-27,29-31,37-39,41-44,46H,2-14,33-35H2,1H3,(H2,36,45)/t15?,16-,17-,19-,20-,21-,22-,23-,24-,25?,26?,27+,29-,30+,31+,32+/m1/s1. The molecular weight excluding hydrogens is 696 g/mol. The van der Waals surface area contributed by atoms with Gasteiger partial charge in [0.05, 0.1) is 37.8 Å². The van der Waals surface area contributed by atoms with Gasteiger partial charge in [-0.25, -0.2) is 0 Å². The van der Waals surface area contributed by atoms with Gasteiger partial charge in [0, 0.05) is 5.92 Å². The minimum atomic E-state index is -2.65. The molecule has 0 spiro atoms. The smallest absolute Gasteiger partial charge is 0.309 e. The second-order valence-electron chi connectivity index (χ2n) is 13.8. The zero-order valence-corrected chi connectivity index (χ0v) is 29.5. The van der Waals surface area contributed by atoms with E-state index in [1.807, 2.05) is 0 Å². The van der Waals surface area contributed by atoms with Gasteiger partial charge >= 0.3 is 5.97 Å². The average Bonchev–Trinajstić information content (AvgIpc) is 3.12. The summed E-state index contributed by atoms with van der Waals surface area (Å²) in [7, 11) is 0. The summed E-state index contributed by atoms with van der Waals surface area (Å²) in [5.41, 5.74) is 23.6. The van der Waals surface area contributed by atoms with Gasteiger partial charge in [0.15, 0.2) is 18.9 Å². The summed E-state index contributed by atoms with van der Waals surface area (Å²) >= 11 is 0. The van der Waals surface area contributed by atoms with Crippen LogP contribution in [-0.2, 0) is 38.0 Å². The SMILES string of the molecule is CCCCCCCCCCC(CC(=O)O[C@@]1(CO)O[C@H](OC2[C@@H](CO)O[C@@H](OC3[C@@H](CO)O[C@@H](O)[C@H](N)[C@H]3O)[C@H](N)[C@H]2O)[C@H](N)[C@@H](O)[C@@H]1O)C(N)=O. The zero-order chi connectivity index (χ0) is 38.7. The Labute approximate surface area is 302 Å². The molecule has 0 aromatic rings. The quantitative estimate of drug-likeness (QED) is 0.0410. The molecule has 52 heavy (non-hydrogen) atoms. The summed E-state index contributed by atoms with van der Waals surface area (Å²) in [6.07, 6.45) is -10.2. The molecule has 0 saturated carbocycles. The number of amides is 1. The van der Waals surface area contributed by atoms with Gasteiger partial charge in [0.25, 0.3) is 5.79 Å². The summed E-state index contributed by atoms with van der Waals surface area (Å²) in [4.78, 5) is 25.2.